The highest BCUT2D eigenvalue weighted by atomic mass is 16.6. The molecule has 0 spiro atoms. The number of benzene rings is 1. The van der Waals surface area contributed by atoms with Gasteiger partial charge in [0.25, 0.3) is 5.69 Å². The molecule has 1 aliphatic carbocycles. The Labute approximate surface area is 176 Å². The summed E-state index contributed by atoms with van der Waals surface area (Å²) in [5.74, 6) is -0.00245. The Morgan fingerprint density at radius 2 is 1.83 bits per heavy atom. The Balaban J connectivity index is 1.48. The minimum absolute atomic E-state index is 0.0558. The summed E-state index contributed by atoms with van der Waals surface area (Å²) in [5.41, 5.74) is 1.10. The van der Waals surface area contributed by atoms with Crippen molar-refractivity contribution < 1.29 is 14.5 Å². The lowest BCUT2D eigenvalue weighted by molar-refractivity contribution is -0.384. The first-order chi connectivity index (χ1) is 14.4. The molecule has 2 aliphatic heterocycles. The van der Waals surface area contributed by atoms with Crippen LogP contribution in [0.2, 0.25) is 0 Å². The van der Waals surface area contributed by atoms with Gasteiger partial charge in [-0.3, -0.25) is 24.6 Å². The number of nitrogens with zero attached hydrogens (tertiary/aromatic N) is 4. The van der Waals surface area contributed by atoms with Gasteiger partial charge >= 0.3 is 0 Å². The fraction of sp³-hybridized carbons (Fsp3) is 0.619. The second kappa shape index (κ2) is 8.69. The molecule has 0 bridgehead atoms. The number of amides is 2. The summed E-state index contributed by atoms with van der Waals surface area (Å²) in [6.45, 7) is 5.71. The maximum Gasteiger partial charge on any atom is 0.269 e. The average Bonchev–Trinajstić information content (AvgIpc) is 3.49. The molecule has 1 saturated carbocycles. The highest BCUT2D eigenvalue weighted by molar-refractivity contribution is 5.87. The lowest BCUT2D eigenvalue weighted by Crippen LogP contribution is -2.53. The van der Waals surface area contributed by atoms with E-state index in [1.54, 1.807) is 17.0 Å². The first-order valence-electron chi connectivity index (χ1n) is 10.7. The molecule has 0 aromatic heterocycles. The predicted molar refractivity (Wildman–Crippen MR) is 111 cm³/mol. The van der Waals surface area contributed by atoms with Gasteiger partial charge in [-0.15, -0.1) is 0 Å². The summed E-state index contributed by atoms with van der Waals surface area (Å²) >= 11 is 0. The van der Waals surface area contributed by atoms with Gasteiger partial charge in [0.15, 0.2) is 0 Å². The highest BCUT2D eigenvalue weighted by Crippen LogP contribution is 2.35. The molecule has 3 aliphatic rings. The molecule has 3 fully saturated rings. The molecule has 2 saturated heterocycles. The van der Waals surface area contributed by atoms with Gasteiger partial charge in [0.2, 0.25) is 11.8 Å². The van der Waals surface area contributed by atoms with E-state index >= 15 is 0 Å². The third-order valence-corrected chi connectivity index (χ3v) is 6.39. The number of hydrogen-bond donors (Lipinski definition) is 1. The van der Waals surface area contributed by atoms with Crippen molar-refractivity contribution in [2.75, 3.05) is 32.7 Å². The third kappa shape index (κ3) is 4.46. The van der Waals surface area contributed by atoms with Gasteiger partial charge in [0.1, 0.15) is 6.04 Å². The van der Waals surface area contributed by atoms with Crippen molar-refractivity contribution in [2.45, 2.75) is 50.9 Å². The predicted octanol–water partition coefficient (Wildman–Crippen LogP) is 0.980. The van der Waals surface area contributed by atoms with E-state index in [0.717, 1.165) is 31.5 Å². The van der Waals surface area contributed by atoms with E-state index in [-0.39, 0.29) is 23.5 Å². The van der Waals surface area contributed by atoms with Crippen LogP contribution in [0, 0.1) is 10.1 Å². The molecule has 2 amide bonds. The average molecular weight is 415 g/mol. The zero-order valence-corrected chi connectivity index (χ0v) is 17.3. The fourth-order valence-electron chi connectivity index (χ4n) is 4.63. The van der Waals surface area contributed by atoms with Crippen LogP contribution >= 0.6 is 0 Å². The summed E-state index contributed by atoms with van der Waals surface area (Å²) in [6.07, 6.45) is 2.87. The Bertz CT molecular complexity index is 804. The zero-order chi connectivity index (χ0) is 21.3. The quantitative estimate of drug-likeness (QED) is 0.549. The number of rotatable bonds is 6. The molecular weight excluding hydrogens is 386 g/mol. The number of nitro benzene ring substituents is 1. The van der Waals surface area contributed by atoms with Gasteiger partial charge in [0, 0.05) is 70.4 Å². The Morgan fingerprint density at radius 1 is 1.17 bits per heavy atom. The highest BCUT2D eigenvalue weighted by Gasteiger charge is 2.45. The molecule has 1 N–H and O–H groups in total. The minimum Gasteiger partial charge on any atom is -0.338 e. The van der Waals surface area contributed by atoms with Gasteiger partial charge in [-0.25, -0.2) is 0 Å². The van der Waals surface area contributed by atoms with Crippen molar-refractivity contribution in [1.82, 2.24) is 20.0 Å². The van der Waals surface area contributed by atoms with Gasteiger partial charge in [0.05, 0.1) is 4.92 Å². The van der Waals surface area contributed by atoms with Gasteiger partial charge in [-0.1, -0.05) is 12.1 Å². The molecule has 162 valence electrons. The van der Waals surface area contributed by atoms with Crippen LogP contribution in [0.15, 0.2) is 24.3 Å². The van der Waals surface area contributed by atoms with E-state index in [2.05, 4.69) is 10.2 Å². The molecule has 2 heterocycles. The topological polar surface area (TPSA) is 99.0 Å². The van der Waals surface area contributed by atoms with Crippen molar-refractivity contribution in [1.29, 1.82) is 0 Å². The van der Waals surface area contributed by atoms with Crippen LogP contribution in [0.4, 0.5) is 5.69 Å². The van der Waals surface area contributed by atoms with Crippen molar-refractivity contribution in [3.8, 4) is 0 Å². The smallest absolute Gasteiger partial charge is 0.269 e. The van der Waals surface area contributed by atoms with E-state index in [0.29, 0.717) is 38.6 Å². The van der Waals surface area contributed by atoms with Crippen LogP contribution < -0.4 is 5.32 Å². The molecule has 1 aromatic carbocycles. The molecular formula is C21H29N5O4. The van der Waals surface area contributed by atoms with Crippen LogP contribution in [0.5, 0.6) is 0 Å². The summed E-state index contributed by atoms with van der Waals surface area (Å²) in [6, 6.07) is 6.84. The molecule has 9 nitrogen and oxygen atoms in total. The van der Waals surface area contributed by atoms with Crippen molar-refractivity contribution in [3.05, 3.63) is 39.9 Å². The summed E-state index contributed by atoms with van der Waals surface area (Å²) in [7, 11) is 0. The third-order valence-electron chi connectivity index (χ3n) is 6.39. The summed E-state index contributed by atoms with van der Waals surface area (Å²) in [5, 5.41) is 14.2. The Hall–Kier alpha value is -2.52. The maximum atomic E-state index is 13.2. The molecule has 2 atom stereocenters. The number of piperazine rings is 1. The number of carbonyl (C=O) groups excluding carboxylic acids is 2. The van der Waals surface area contributed by atoms with E-state index in [1.807, 2.05) is 4.90 Å². The second-order valence-electron chi connectivity index (χ2n) is 8.48. The van der Waals surface area contributed by atoms with Gasteiger partial charge < -0.3 is 15.1 Å². The number of nitro groups is 1. The monoisotopic (exact) mass is 415 g/mol. The van der Waals surface area contributed by atoms with Crippen LogP contribution in [-0.2, 0) is 16.1 Å². The van der Waals surface area contributed by atoms with Gasteiger partial charge in [-0.05, 0) is 24.8 Å². The lowest BCUT2D eigenvalue weighted by atomic mass is 10.1. The van der Waals surface area contributed by atoms with Crippen LogP contribution in [0.1, 0.15) is 31.7 Å². The number of carbonyl (C=O) groups is 2. The molecule has 1 aromatic rings. The standard InChI is InChI=1S/C21H29N5O4/c1-15(27)24-14-19(12-20(24)21(28)23-10-8-22-9-11-23)25(17-6-7-17)13-16-2-4-18(5-3-16)26(29)30/h2-5,17,19-20,22H,6-14H2,1H3. The first kappa shape index (κ1) is 20.7. The Morgan fingerprint density at radius 3 is 2.40 bits per heavy atom. The fourth-order valence-corrected chi connectivity index (χ4v) is 4.63. The summed E-state index contributed by atoms with van der Waals surface area (Å²) in [4.78, 5) is 42.0. The maximum absolute atomic E-state index is 13.2. The number of non-ortho nitro benzene ring substituents is 1. The lowest BCUT2D eigenvalue weighted by Gasteiger charge is -2.32. The normalized spacial score (nSPS) is 24.3. The largest absolute Gasteiger partial charge is 0.338 e. The van der Waals surface area contributed by atoms with E-state index in [4.69, 9.17) is 0 Å². The van der Waals surface area contributed by atoms with Gasteiger partial charge in [-0.2, -0.15) is 0 Å². The van der Waals surface area contributed by atoms with Crippen LogP contribution in [0.3, 0.4) is 0 Å². The van der Waals surface area contributed by atoms with E-state index < -0.39 is 11.0 Å². The Kier molecular flexibility index (Phi) is 6.01. The summed E-state index contributed by atoms with van der Waals surface area (Å²) < 4.78 is 0. The zero-order valence-electron chi connectivity index (χ0n) is 17.3. The minimum atomic E-state index is -0.399. The number of likely N-dealkylation sites (tertiary alicyclic amines) is 1. The van der Waals surface area contributed by atoms with Crippen LogP contribution in [-0.4, -0.2) is 82.3 Å². The van der Waals surface area contributed by atoms with Crippen molar-refractivity contribution in [3.63, 3.8) is 0 Å². The SMILES string of the molecule is CC(=O)N1CC(N(Cc2ccc([N+](=O)[O-])cc2)C2CC2)CC1C(=O)N1CCNCC1. The van der Waals surface area contributed by atoms with Crippen LogP contribution in [0.25, 0.3) is 0 Å². The second-order valence-corrected chi connectivity index (χ2v) is 8.48. The number of hydrogen-bond acceptors (Lipinski definition) is 6. The van der Waals surface area contributed by atoms with E-state index in [1.165, 1.54) is 19.1 Å². The molecule has 4 rings (SSSR count). The molecule has 30 heavy (non-hydrogen) atoms. The van der Waals surface area contributed by atoms with E-state index in [9.17, 15) is 19.7 Å². The molecule has 0 radical (unpaired) electrons. The number of nitrogens with one attached hydrogen (secondary N) is 1. The first-order valence-corrected chi connectivity index (χ1v) is 10.7. The van der Waals surface area contributed by atoms with Crippen molar-refractivity contribution >= 4 is 17.5 Å². The van der Waals surface area contributed by atoms with Crippen molar-refractivity contribution in [2.24, 2.45) is 0 Å². The molecule has 2 unspecified atom stereocenters. The molecule has 9 heteroatoms.